The Hall–Kier alpha value is -0.960. The summed E-state index contributed by atoms with van der Waals surface area (Å²) in [6.07, 6.45) is 1.91. The molecule has 0 amide bonds. The number of esters is 1. The van der Waals surface area contributed by atoms with Crippen LogP contribution in [-0.2, 0) is 9.53 Å². The average Bonchev–Trinajstić information content (AvgIpc) is 2.23. The van der Waals surface area contributed by atoms with E-state index in [4.69, 9.17) is 4.74 Å². The van der Waals surface area contributed by atoms with E-state index < -0.39 is 0 Å². The van der Waals surface area contributed by atoms with Crippen molar-refractivity contribution < 1.29 is 9.53 Å². The quantitative estimate of drug-likeness (QED) is 0.698. The van der Waals surface area contributed by atoms with E-state index in [2.05, 4.69) is 0 Å². The highest BCUT2D eigenvalue weighted by Gasteiger charge is 2.24. The van der Waals surface area contributed by atoms with E-state index in [0.717, 1.165) is 17.7 Å². The zero-order valence-corrected chi connectivity index (χ0v) is 8.63. The molecule has 0 bridgehead atoms. The van der Waals surface area contributed by atoms with Crippen molar-refractivity contribution >= 4 is 17.7 Å². The van der Waals surface area contributed by atoms with Gasteiger partial charge >= 0.3 is 5.97 Å². The summed E-state index contributed by atoms with van der Waals surface area (Å²) in [5.41, 5.74) is 0. The Morgan fingerprint density at radius 1 is 1.29 bits per heavy atom. The Kier molecular flexibility index (Phi) is 3.09. The fraction of sp³-hybridized carbons (Fsp3) is 0.364. The van der Waals surface area contributed by atoms with Crippen LogP contribution in [0.3, 0.4) is 0 Å². The van der Waals surface area contributed by atoms with E-state index in [0.29, 0.717) is 6.61 Å². The number of cyclic esters (lactones) is 1. The maximum Gasteiger partial charge on any atom is 0.319 e. The average molecular weight is 208 g/mol. The molecule has 14 heavy (non-hydrogen) atoms. The lowest BCUT2D eigenvalue weighted by atomic mass is 10.2. The van der Waals surface area contributed by atoms with E-state index in [9.17, 15) is 4.79 Å². The van der Waals surface area contributed by atoms with Crippen LogP contribution in [0, 0.1) is 0 Å². The van der Waals surface area contributed by atoms with Crippen LogP contribution in [0.25, 0.3) is 0 Å². The third-order valence-corrected chi connectivity index (χ3v) is 3.40. The Bertz CT molecular complexity index is 310. The van der Waals surface area contributed by atoms with Crippen molar-refractivity contribution in [2.24, 2.45) is 0 Å². The van der Waals surface area contributed by atoms with Crippen LogP contribution in [-0.4, -0.2) is 17.8 Å². The standard InChI is InChI=1S/C11H12O2S/c12-11-10(7-4-8-13-11)14-9-5-2-1-3-6-9/h1-3,5-6,10H,4,7-8H2. The lowest BCUT2D eigenvalue weighted by molar-refractivity contribution is -0.145. The van der Waals surface area contributed by atoms with Crippen LogP contribution >= 0.6 is 11.8 Å². The molecule has 1 aromatic carbocycles. The smallest absolute Gasteiger partial charge is 0.319 e. The molecule has 0 aromatic heterocycles. The number of benzene rings is 1. The van der Waals surface area contributed by atoms with Gasteiger partial charge in [-0.1, -0.05) is 18.2 Å². The molecule has 0 aliphatic carbocycles. The van der Waals surface area contributed by atoms with Crippen molar-refractivity contribution in [3.8, 4) is 0 Å². The molecule has 1 saturated heterocycles. The van der Waals surface area contributed by atoms with E-state index in [1.807, 2.05) is 30.3 Å². The molecule has 2 nitrogen and oxygen atoms in total. The van der Waals surface area contributed by atoms with E-state index in [1.165, 1.54) is 0 Å². The van der Waals surface area contributed by atoms with Crippen LogP contribution in [0.4, 0.5) is 0 Å². The number of rotatable bonds is 2. The Morgan fingerprint density at radius 3 is 2.79 bits per heavy atom. The molecule has 1 heterocycles. The molecule has 1 aliphatic rings. The zero-order chi connectivity index (χ0) is 9.80. The summed E-state index contributed by atoms with van der Waals surface area (Å²) in [6.45, 7) is 0.588. The largest absolute Gasteiger partial charge is 0.465 e. The molecule has 3 heteroatoms. The topological polar surface area (TPSA) is 26.3 Å². The second-order valence-corrected chi connectivity index (χ2v) is 4.51. The molecule has 1 atom stereocenters. The highest BCUT2D eigenvalue weighted by atomic mass is 32.2. The van der Waals surface area contributed by atoms with Crippen molar-refractivity contribution in [2.45, 2.75) is 23.0 Å². The number of hydrogen-bond acceptors (Lipinski definition) is 3. The number of hydrogen-bond donors (Lipinski definition) is 0. The first-order valence-corrected chi connectivity index (χ1v) is 5.62. The molecule has 2 rings (SSSR count). The van der Waals surface area contributed by atoms with Gasteiger partial charge in [0.05, 0.1) is 6.61 Å². The highest BCUT2D eigenvalue weighted by Crippen LogP contribution is 2.28. The zero-order valence-electron chi connectivity index (χ0n) is 7.81. The van der Waals surface area contributed by atoms with Crippen molar-refractivity contribution in [1.29, 1.82) is 0 Å². The first kappa shape index (κ1) is 9.59. The minimum atomic E-state index is -0.0647. The van der Waals surface area contributed by atoms with E-state index in [-0.39, 0.29) is 11.2 Å². The molecule has 74 valence electrons. The Morgan fingerprint density at radius 2 is 2.07 bits per heavy atom. The summed E-state index contributed by atoms with van der Waals surface area (Å²) >= 11 is 1.60. The second kappa shape index (κ2) is 4.51. The second-order valence-electron chi connectivity index (χ2n) is 3.23. The maximum absolute atomic E-state index is 11.4. The third-order valence-electron chi connectivity index (χ3n) is 2.14. The van der Waals surface area contributed by atoms with Crippen LogP contribution in [0.1, 0.15) is 12.8 Å². The van der Waals surface area contributed by atoms with Crippen molar-refractivity contribution in [2.75, 3.05) is 6.61 Å². The van der Waals surface area contributed by atoms with Crippen LogP contribution in [0.15, 0.2) is 35.2 Å². The molecule has 1 aliphatic heterocycles. The van der Waals surface area contributed by atoms with Gasteiger partial charge < -0.3 is 4.74 Å². The Balaban J connectivity index is 2.00. The van der Waals surface area contributed by atoms with E-state index >= 15 is 0 Å². The summed E-state index contributed by atoms with van der Waals surface area (Å²) in [6, 6.07) is 9.98. The number of thioether (sulfide) groups is 1. The number of carbonyl (C=O) groups excluding carboxylic acids is 1. The van der Waals surface area contributed by atoms with Crippen molar-refractivity contribution in [1.82, 2.24) is 0 Å². The maximum atomic E-state index is 11.4. The summed E-state index contributed by atoms with van der Waals surface area (Å²) in [4.78, 5) is 12.5. The fourth-order valence-electron chi connectivity index (χ4n) is 1.42. The first-order chi connectivity index (χ1) is 6.86. The van der Waals surface area contributed by atoms with Crippen LogP contribution in [0.5, 0.6) is 0 Å². The highest BCUT2D eigenvalue weighted by molar-refractivity contribution is 8.00. The fourth-order valence-corrected chi connectivity index (χ4v) is 2.51. The predicted molar refractivity (Wildman–Crippen MR) is 56.3 cm³/mol. The third kappa shape index (κ3) is 2.29. The van der Waals surface area contributed by atoms with Gasteiger partial charge in [0.2, 0.25) is 0 Å². The summed E-state index contributed by atoms with van der Waals surface area (Å²) in [5, 5.41) is -0.00819. The van der Waals surface area contributed by atoms with Crippen molar-refractivity contribution in [3.63, 3.8) is 0 Å². The molecule has 0 radical (unpaired) electrons. The normalized spacial score (nSPS) is 21.7. The van der Waals surface area contributed by atoms with Gasteiger partial charge in [-0.15, -0.1) is 11.8 Å². The van der Waals surface area contributed by atoms with Crippen molar-refractivity contribution in [3.05, 3.63) is 30.3 Å². The molecule has 1 fully saturated rings. The molecule has 1 unspecified atom stereocenters. The molecule has 1 aromatic rings. The monoisotopic (exact) mass is 208 g/mol. The molecular formula is C11H12O2S. The SMILES string of the molecule is O=C1OCCCC1Sc1ccccc1. The summed E-state index contributed by atoms with van der Waals surface area (Å²) in [5.74, 6) is -0.0647. The van der Waals surface area contributed by atoms with Crippen LogP contribution in [0.2, 0.25) is 0 Å². The van der Waals surface area contributed by atoms with Crippen LogP contribution < -0.4 is 0 Å². The number of carbonyl (C=O) groups is 1. The predicted octanol–water partition coefficient (Wildman–Crippen LogP) is 2.48. The van der Waals surface area contributed by atoms with Gasteiger partial charge in [-0.05, 0) is 25.0 Å². The number of ether oxygens (including phenoxy) is 1. The van der Waals surface area contributed by atoms with Gasteiger partial charge in [-0.3, -0.25) is 4.79 Å². The lowest BCUT2D eigenvalue weighted by Crippen LogP contribution is -2.26. The Labute approximate surface area is 87.6 Å². The first-order valence-electron chi connectivity index (χ1n) is 4.74. The molecule has 0 saturated carbocycles. The molecular weight excluding hydrogens is 196 g/mol. The summed E-state index contributed by atoms with van der Waals surface area (Å²) in [7, 11) is 0. The van der Waals surface area contributed by atoms with E-state index in [1.54, 1.807) is 11.8 Å². The summed E-state index contributed by atoms with van der Waals surface area (Å²) < 4.78 is 5.00. The molecule has 0 N–H and O–H groups in total. The molecule has 0 spiro atoms. The lowest BCUT2D eigenvalue weighted by Gasteiger charge is -2.20. The van der Waals surface area contributed by atoms with Gasteiger partial charge in [-0.25, -0.2) is 0 Å². The van der Waals surface area contributed by atoms with Gasteiger partial charge in [0.15, 0.2) is 0 Å². The van der Waals surface area contributed by atoms with Gasteiger partial charge in [0.25, 0.3) is 0 Å². The minimum absolute atomic E-state index is 0.00819. The minimum Gasteiger partial charge on any atom is -0.465 e. The van der Waals surface area contributed by atoms with Gasteiger partial charge in [0.1, 0.15) is 5.25 Å². The van der Waals surface area contributed by atoms with Gasteiger partial charge in [-0.2, -0.15) is 0 Å². The van der Waals surface area contributed by atoms with Gasteiger partial charge in [0, 0.05) is 4.90 Å².